The van der Waals surface area contributed by atoms with Gasteiger partial charge in [-0.15, -0.1) is 0 Å². The number of hydrogen-bond acceptors (Lipinski definition) is 4. The quantitative estimate of drug-likeness (QED) is 0.722. The molecule has 0 bridgehead atoms. The number of halogens is 1. The minimum Gasteiger partial charge on any atom is -0.469 e. The van der Waals surface area contributed by atoms with Crippen LogP contribution in [0.4, 0.5) is 0 Å². The van der Waals surface area contributed by atoms with Crippen LogP contribution in [0, 0.1) is 6.92 Å². The molecule has 0 aliphatic rings. The molecule has 0 fully saturated rings. The van der Waals surface area contributed by atoms with Gasteiger partial charge in [-0.2, -0.15) is 5.10 Å². The highest BCUT2D eigenvalue weighted by molar-refractivity contribution is 6.31. The topological polar surface area (TPSA) is 47.4 Å². The Morgan fingerprint density at radius 3 is 2.68 bits per heavy atom. The first-order valence-electron chi connectivity index (χ1n) is 6.54. The average molecular weight is 288 g/mol. The van der Waals surface area contributed by atoms with E-state index in [1.54, 1.807) is 0 Å². The second-order valence-corrected chi connectivity index (χ2v) is 4.73. The van der Waals surface area contributed by atoms with Gasteiger partial charge in [0.25, 0.3) is 0 Å². The third kappa shape index (κ3) is 4.21. The molecule has 6 heteroatoms. The first-order valence-corrected chi connectivity index (χ1v) is 6.92. The Bertz CT molecular complexity index is 432. The highest BCUT2D eigenvalue weighted by Crippen LogP contribution is 2.21. The summed E-state index contributed by atoms with van der Waals surface area (Å²) in [5.74, 6) is -0.190. The molecule has 0 spiro atoms. The third-order valence-electron chi connectivity index (χ3n) is 3.13. The molecule has 0 N–H and O–H groups in total. The Kier molecular flexibility index (Phi) is 6.31. The summed E-state index contributed by atoms with van der Waals surface area (Å²) in [6.45, 7) is 9.00. The van der Waals surface area contributed by atoms with E-state index in [4.69, 9.17) is 11.6 Å². The lowest BCUT2D eigenvalue weighted by Crippen LogP contribution is -2.27. The number of aryl methyl sites for hydroxylation is 2. The molecule has 1 aromatic rings. The van der Waals surface area contributed by atoms with Crippen LogP contribution >= 0.6 is 11.6 Å². The summed E-state index contributed by atoms with van der Waals surface area (Å²) in [4.78, 5) is 13.3. The molecule has 0 unspecified atom stereocenters. The van der Waals surface area contributed by atoms with Crippen molar-refractivity contribution in [3.8, 4) is 0 Å². The SMILES string of the molecule is CCN(CCC(=O)OC)Cc1c(Cl)c(C)nn1CC. The van der Waals surface area contributed by atoms with Gasteiger partial charge in [-0.1, -0.05) is 18.5 Å². The van der Waals surface area contributed by atoms with E-state index < -0.39 is 0 Å². The smallest absolute Gasteiger partial charge is 0.306 e. The second kappa shape index (κ2) is 7.50. The van der Waals surface area contributed by atoms with Crippen molar-refractivity contribution in [1.82, 2.24) is 14.7 Å². The summed E-state index contributed by atoms with van der Waals surface area (Å²) < 4.78 is 6.57. The van der Waals surface area contributed by atoms with Crippen LogP contribution in [0.2, 0.25) is 5.02 Å². The van der Waals surface area contributed by atoms with E-state index in [0.29, 0.717) is 19.5 Å². The largest absolute Gasteiger partial charge is 0.469 e. The third-order valence-corrected chi connectivity index (χ3v) is 3.62. The van der Waals surface area contributed by atoms with Gasteiger partial charge in [-0.05, 0) is 20.4 Å². The monoisotopic (exact) mass is 287 g/mol. The zero-order valence-electron chi connectivity index (χ0n) is 12.1. The fourth-order valence-corrected chi connectivity index (χ4v) is 2.13. The Labute approximate surface area is 119 Å². The maximum Gasteiger partial charge on any atom is 0.306 e. The maximum absolute atomic E-state index is 11.2. The molecule has 0 atom stereocenters. The Hall–Kier alpha value is -1.07. The van der Waals surface area contributed by atoms with E-state index in [0.717, 1.165) is 29.5 Å². The average Bonchev–Trinajstić information content (AvgIpc) is 2.69. The second-order valence-electron chi connectivity index (χ2n) is 4.36. The number of hydrogen-bond donors (Lipinski definition) is 0. The summed E-state index contributed by atoms with van der Waals surface area (Å²) in [7, 11) is 1.41. The lowest BCUT2D eigenvalue weighted by molar-refractivity contribution is -0.141. The molecule has 0 amide bonds. The molecule has 0 saturated carbocycles. The van der Waals surface area contributed by atoms with E-state index in [2.05, 4.69) is 21.7 Å². The highest BCUT2D eigenvalue weighted by atomic mass is 35.5. The maximum atomic E-state index is 11.2. The summed E-state index contributed by atoms with van der Waals surface area (Å²) in [5, 5.41) is 5.11. The van der Waals surface area contributed by atoms with Crippen molar-refractivity contribution in [3.05, 3.63) is 16.4 Å². The van der Waals surface area contributed by atoms with Crippen LogP contribution in [0.25, 0.3) is 0 Å². The van der Waals surface area contributed by atoms with Gasteiger partial charge in [0, 0.05) is 19.6 Å². The normalized spacial score (nSPS) is 11.1. The first kappa shape index (κ1) is 16.0. The Morgan fingerprint density at radius 2 is 2.16 bits per heavy atom. The van der Waals surface area contributed by atoms with Gasteiger partial charge < -0.3 is 4.74 Å². The van der Waals surface area contributed by atoms with Crippen molar-refractivity contribution in [2.45, 2.75) is 40.3 Å². The van der Waals surface area contributed by atoms with Gasteiger partial charge in [0.1, 0.15) is 0 Å². The lowest BCUT2D eigenvalue weighted by atomic mass is 10.3. The Morgan fingerprint density at radius 1 is 1.47 bits per heavy atom. The Balaban J connectivity index is 2.72. The van der Waals surface area contributed by atoms with Crippen LogP contribution in [0.15, 0.2) is 0 Å². The standard InChI is InChI=1S/C13H22ClN3O2/c1-5-16(8-7-12(18)19-4)9-11-13(14)10(3)15-17(11)6-2/h5-9H2,1-4H3. The van der Waals surface area contributed by atoms with E-state index >= 15 is 0 Å². The zero-order chi connectivity index (χ0) is 14.4. The highest BCUT2D eigenvalue weighted by Gasteiger charge is 2.16. The number of carbonyl (C=O) groups excluding carboxylic acids is 1. The van der Waals surface area contributed by atoms with Crippen molar-refractivity contribution in [2.75, 3.05) is 20.2 Å². The predicted molar refractivity (Wildman–Crippen MR) is 75.2 cm³/mol. The molecule has 1 aromatic heterocycles. The molecular formula is C13H22ClN3O2. The van der Waals surface area contributed by atoms with E-state index in [1.165, 1.54) is 7.11 Å². The first-order chi connectivity index (χ1) is 9.03. The van der Waals surface area contributed by atoms with Crippen molar-refractivity contribution in [1.29, 1.82) is 0 Å². The molecule has 0 aliphatic heterocycles. The van der Waals surface area contributed by atoms with Gasteiger partial charge >= 0.3 is 5.97 Å². The van der Waals surface area contributed by atoms with Crippen LogP contribution in [0.5, 0.6) is 0 Å². The van der Waals surface area contributed by atoms with Crippen molar-refractivity contribution in [2.24, 2.45) is 0 Å². The summed E-state index contributed by atoms with van der Waals surface area (Å²) in [6.07, 6.45) is 0.390. The van der Waals surface area contributed by atoms with Crippen LogP contribution in [0.1, 0.15) is 31.7 Å². The van der Waals surface area contributed by atoms with Gasteiger partial charge in [0.15, 0.2) is 0 Å². The van der Waals surface area contributed by atoms with Crippen LogP contribution in [-0.4, -0.2) is 40.8 Å². The number of nitrogens with zero attached hydrogens (tertiary/aromatic N) is 3. The molecule has 108 valence electrons. The predicted octanol–water partition coefficient (Wildman–Crippen LogP) is 2.25. The summed E-state index contributed by atoms with van der Waals surface area (Å²) >= 11 is 6.28. The molecular weight excluding hydrogens is 266 g/mol. The number of methoxy groups -OCH3 is 1. The number of esters is 1. The fourth-order valence-electron chi connectivity index (χ4n) is 1.93. The van der Waals surface area contributed by atoms with Crippen LogP contribution < -0.4 is 0 Å². The fraction of sp³-hybridized carbons (Fsp3) is 0.692. The van der Waals surface area contributed by atoms with Gasteiger partial charge in [-0.3, -0.25) is 14.4 Å². The zero-order valence-corrected chi connectivity index (χ0v) is 12.8. The van der Waals surface area contributed by atoms with E-state index in [9.17, 15) is 4.79 Å². The van der Waals surface area contributed by atoms with Gasteiger partial charge in [-0.25, -0.2) is 0 Å². The number of rotatable bonds is 7. The number of carbonyl (C=O) groups is 1. The minimum absolute atomic E-state index is 0.190. The molecule has 0 radical (unpaired) electrons. The molecule has 0 aliphatic carbocycles. The lowest BCUT2D eigenvalue weighted by Gasteiger charge is -2.20. The molecule has 1 heterocycles. The van der Waals surface area contributed by atoms with Crippen molar-refractivity contribution in [3.63, 3.8) is 0 Å². The summed E-state index contributed by atoms with van der Waals surface area (Å²) in [6, 6.07) is 0. The van der Waals surface area contributed by atoms with Crippen LogP contribution in [0.3, 0.4) is 0 Å². The molecule has 5 nitrogen and oxygen atoms in total. The number of ether oxygens (including phenoxy) is 1. The summed E-state index contributed by atoms with van der Waals surface area (Å²) in [5.41, 5.74) is 1.86. The van der Waals surface area contributed by atoms with Gasteiger partial charge in [0.2, 0.25) is 0 Å². The minimum atomic E-state index is -0.190. The van der Waals surface area contributed by atoms with E-state index in [-0.39, 0.29) is 5.97 Å². The molecule has 0 aromatic carbocycles. The van der Waals surface area contributed by atoms with Gasteiger partial charge in [0.05, 0.1) is 29.9 Å². The molecule has 19 heavy (non-hydrogen) atoms. The molecule has 0 saturated heterocycles. The van der Waals surface area contributed by atoms with Crippen LogP contribution in [-0.2, 0) is 22.6 Å². The molecule has 1 rings (SSSR count). The van der Waals surface area contributed by atoms with E-state index in [1.807, 2.05) is 18.5 Å². The van der Waals surface area contributed by atoms with Crippen molar-refractivity contribution >= 4 is 17.6 Å². The van der Waals surface area contributed by atoms with Crippen molar-refractivity contribution < 1.29 is 9.53 Å². The number of aromatic nitrogens is 2.